The summed E-state index contributed by atoms with van der Waals surface area (Å²) in [6.45, 7) is 4.05. The number of esters is 1. The van der Waals surface area contributed by atoms with Crippen molar-refractivity contribution in [2.24, 2.45) is 5.92 Å². The van der Waals surface area contributed by atoms with E-state index in [2.05, 4.69) is 10.1 Å². The van der Waals surface area contributed by atoms with Crippen LogP contribution in [-0.4, -0.2) is 30.2 Å². The molecule has 0 unspecified atom stereocenters. The first-order valence-electron chi connectivity index (χ1n) is 5.59. The minimum atomic E-state index is -1.12. The third-order valence-electron chi connectivity index (χ3n) is 2.49. The van der Waals surface area contributed by atoms with E-state index in [1.807, 2.05) is 13.8 Å². The van der Waals surface area contributed by atoms with Gasteiger partial charge < -0.3 is 14.3 Å². The molecule has 0 spiro atoms. The first-order valence-corrected chi connectivity index (χ1v) is 5.59. The number of carboxylic acids is 1. The fraction of sp³-hybridized carbons (Fsp3) is 0.500. The molecular formula is C12H17NO5. The molecule has 1 aromatic heterocycles. The summed E-state index contributed by atoms with van der Waals surface area (Å²) in [4.78, 5) is 22.1. The fourth-order valence-corrected chi connectivity index (χ4v) is 1.52. The van der Waals surface area contributed by atoms with Crippen molar-refractivity contribution in [3.63, 3.8) is 0 Å². The summed E-state index contributed by atoms with van der Waals surface area (Å²) in [6.07, 6.45) is 0. The lowest BCUT2D eigenvalue weighted by molar-refractivity contribution is -0.144. The Labute approximate surface area is 105 Å². The van der Waals surface area contributed by atoms with E-state index < -0.39 is 12.0 Å². The van der Waals surface area contributed by atoms with Gasteiger partial charge in [-0.2, -0.15) is 0 Å². The van der Waals surface area contributed by atoms with Crippen LogP contribution >= 0.6 is 0 Å². The van der Waals surface area contributed by atoms with Crippen molar-refractivity contribution in [2.75, 3.05) is 7.11 Å². The molecule has 1 rings (SSSR count). The maximum absolute atomic E-state index is 11.5. The van der Waals surface area contributed by atoms with E-state index in [1.165, 1.54) is 13.2 Å². The van der Waals surface area contributed by atoms with Gasteiger partial charge in [0.1, 0.15) is 11.8 Å². The summed E-state index contributed by atoms with van der Waals surface area (Å²) in [5, 5.41) is 11.7. The number of carbonyl (C=O) groups is 2. The van der Waals surface area contributed by atoms with Crippen LogP contribution in [0.25, 0.3) is 0 Å². The largest absolute Gasteiger partial charge is 0.475 e. The Morgan fingerprint density at radius 1 is 1.44 bits per heavy atom. The monoisotopic (exact) mass is 255 g/mol. The summed E-state index contributed by atoms with van der Waals surface area (Å²) < 4.78 is 9.75. The Bertz CT molecular complexity index is 424. The van der Waals surface area contributed by atoms with E-state index >= 15 is 0 Å². The van der Waals surface area contributed by atoms with E-state index in [1.54, 1.807) is 6.07 Å². The number of furan rings is 1. The van der Waals surface area contributed by atoms with Crippen LogP contribution in [0.1, 0.15) is 30.2 Å². The van der Waals surface area contributed by atoms with Crippen molar-refractivity contribution in [3.8, 4) is 0 Å². The van der Waals surface area contributed by atoms with Gasteiger partial charge in [0.25, 0.3) is 0 Å². The molecule has 18 heavy (non-hydrogen) atoms. The Hall–Kier alpha value is -1.82. The van der Waals surface area contributed by atoms with Gasteiger partial charge in [-0.15, -0.1) is 0 Å². The summed E-state index contributed by atoms with van der Waals surface area (Å²) in [5.74, 6) is -1.07. The molecule has 2 N–H and O–H groups in total. The first kappa shape index (κ1) is 14.2. The average Bonchev–Trinajstić information content (AvgIpc) is 2.77. The second kappa shape index (κ2) is 6.20. The van der Waals surface area contributed by atoms with Crippen molar-refractivity contribution >= 4 is 11.9 Å². The van der Waals surface area contributed by atoms with Crippen LogP contribution in [0.15, 0.2) is 16.5 Å². The lowest BCUT2D eigenvalue weighted by atomic mass is 10.0. The van der Waals surface area contributed by atoms with Crippen molar-refractivity contribution < 1.29 is 23.8 Å². The molecule has 1 heterocycles. The van der Waals surface area contributed by atoms with Crippen LogP contribution in [0.2, 0.25) is 0 Å². The lowest BCUT2D eigenvalue weighted by Gasteiger charge is -2.19. The van der Waals surface area contributed by atoms with Gasteiger partial charge in [-0.1, -0.05) is 13.8 Å². The number of hydrogen-bond acceptors (Lipinski definition) is 5. The highest BCUT2D eigenvalue weighted by Gasteiger charge is 2.22. The van der Waals surface area contributed by atoms with Crippen LogP contribution in [0, 0.1) is 5.92 Å². The molecule has 0 amide bonds. The van der Waals surface area contributed by atoms with E-state index in [9.17, 15) is 9.59 Å². The zero-order chi connectivity index (χ0) is 13.7. The van der Waals surface area contributed by atoms with Crippen molar-refractivity contribution in [1.82, 2.24) is 5.32 Å². The fourth-order valence-electron chi connectivity index (χ4n) is 1.52. The van der Waals surface area contributed by atoms with Gasteiger partial charge >= 0.3 is 11.9 Å². The van der Waals surface area contributed by atoms with Crippen LogP contribution < -0.4 is 5.32 Å². The minimum Gasteiger partial charge on any atom is -0.475 e. The normalized spacial score (nSPS) is 12.4. The standard InChI is InChI=1S/C12H17NO5/c1-7(2)10(12(16)17-3)13-6-8-4-5-9(18-8)11(14)15/h4-5,7,10,13H,6H2,1-3H3,(H,14,15)/t10-/m0/s1. The number of carbonyl (C=O) groups excluding carboxylic acids is 1. The Morgan fingerprint density at radius 3 is 2.56 bits per heavy atom. The molecule has 0 fully saturated rings. The topological polar surface area (TPSA) is 88.8 Å². The third kappa shape index (κ3) is 3.59. The highest BCUT2D eigenvalue weighted by Crippen LogP contribution is 2.10. The lowest BCUT2D eigenvalue weighted by Crippen LogP contribution is -2.41. The predicted molar refractivity (Wildman–Crippen MR) is 63.1 cm³/mol. The van der Waals surface area contributed by atoms with Crippen molar-refractivity contribution in [3.05, 3.63) is 23.7 Å². The van der Waals surface area contributed by atoms with Crippen LogP contribution in [0.4, 0.5) is 0 Å². The zero-order valence-corrected chi connectivity index (χ0v) is 10.6. The molecule has 0 bridgehead atoms. The van der Waals surface area contributed by atoms with E-state index in [0.717, 1.165) is 0 Å². The maximum atomic E-state index is 11.5. The summed E-state index contributed by atoms with van der Waals surface area (Å²) >= 11 is 0. The Morgan fingerprint density at radius 2 is 2.11 bits per heavy atom. The molecule has 0 aromatic carbocycles. The van der Waals surface area contributed by atoms with Gasteiger partial charge in [-0.3, -0.25) is 10.1 Å². The van der Waals surface area contributed by atoms with E-state index in [-0.39, 0.29) is 24.2 Å². The molecule has 0 aliphatic carbocycles. The molecule has 0 aliphatic heterocycles. The minimum absolute atomic E-state index is 0.0614. The smallest absolute Gasteiger partial charge is 0.371 e. The molecule has 0 saturated heterocycles. The van der Waals surface area contributed by atoms with Gasteiger partial charge in [-0.25, -0.2) is 4.79 Å². The Kier molecular flexibility index (Phi) is 4.91. The van der Waals surface area contributed by atoms with E-state index in [0.29, 0.717) is 5.76 Å². The average molecular weight is 255 g/mol. The third-order valence-corrected chi connectivity index (χ3v) is 2.49. The second-order valence-electron chi connectivity index (χ2n) is 4.20. The highest BCUT2D eigenvalue weighted by atomic mass is 16.5. The molecule has 6 heteroatoms. The van der Waals surface area contributed by atoms with Gasteiger partial charge in [-0.05, 0) is 18.1 Å². The van der Waals surface area contributed by atoms with Crippen molar-refractivity contribution in [1.29, 1.82) is 0 Å². The zero-order valence-electron chi connectivity index (χ0n) is 10.6. The number of ether oxygens (including phenoxy) is 1. The van der Waals surface area contributed by atoms with Gasteiger partial charge in [0.05, 0.1) is 13.7 Å². The summed E-state index contributed by atoms with van der Waals surface area (Å²) in [5.41, 5.74) is 0. The van der Waals surface area contributed by atoms with E-state index in [4.69, 9.17) is 9.52 Å². The number of carboxylic acid groups (broad SMARTS) is 1. The SMILES string of the molecule is COC(=O)[C@@H](NCc1ccc(C(=O)O)o1)C(C)C. The Balaban J connectivity index is 2.61. The van der Waals surface area contributed by atoms with Gasteiger partial charge in [0, 0.05) is 0 Å². The molecule has 1 aromatic rings. The van der Waals surface area contributed by atoms with Crippen LogP contribution in [-0.2, 0) is 16.1 Å². The number of hydrogen-bond donors (Lipinski definition) is 2. The van der Waals surface area contributed by atoms with Crippen LogP contribution in [0.5, 0.6) is 0 Å². The quantitative estimate of drug-likeness (QED) is 0.744. The molecule has 100 valence electrons. The van der Waals surface area contributed by atoms with Gasteiger partial charge in [0.15, 0.2) is 0 Å². The highest BCUT2D eigenvalue weighted by molar-refractivity contribution is 5.84. The van der Waals surface area contributed by atoms with Crippen molar-refractivity contribution in [2.45, 2.75) is 26.4 Å². The summed E-state index contributed by atoms with van der Waals surface area (Å²) in [6, 6.07) is 2.49. The molecule has 0 saturated carbocycles. The number of rotatable bonds is 6. The first-order chi connectivity index (χ1) is 8.45. The van der Waals surface area contributed by atoms with Gasteiger partial charge in [0.2, 0.25) is 5.76 Å². The van der Waals surface area contributed by atoms with Crippen LogP contribution in [0.3, 0.4) is 0 Å². The maximum Gasteiger partial charge on any atom is 0.371 e. The molecule has 0 radical (unpaired) electrons. The molecular weight excluding hydrogens is 238 g/mol. The molecule has 1 atom stereocenters. The second-order valence-corrected chi connectivity index (χ2v) is 4.20. The number of nitrogens with one attached hydrogen (secondary N) is 1. The molecule has 6 nitrogen and oxygen atoms in total. The summed E-state index contributed by atoms with van der Waals surface area (Å²) in [7, 11) is 1.33. The number of methoxy groups -OCH3 is 1. The number of aromatic carboxylic acids is 1. The predicted octanol–water partition coefficient (Wildman–Crippen LogP) is 1.26. The molecule has 0 aliphatic rings.